The number of nitrogens with one attached hydrogen (secondary N) is 1. The number of hydrogen-bond acceptors (Lipinski definition) is 3. The van der Waals surface area contributed by atoms with Crippen LogP contribution in [0.2, 0.25) is 0 Å². The lowest BCUT2D eigenvalue weighted by Crippen LogP contribution is -2.55. The third-order valence-corrected chi connectivity index (χ3v) is 4.63. The van der Waals surface area contributed by atoms with Crippen LogP contribution in [0.3, 0.4) is 0 Å². The van der Waals surface area contributed by atoms with Gasteiger partial charge >= 0.3 is 0 Å². The molecule has 1 N–H and O–H groups in total. The molecule has 0 atom stereocenters. The van der Waals surface area contributed by atoms with Crippen LogP contribution in [0.25, 0.3) is 0 Å². The molecule has 1 saturated heterocycles. The molecule has 90 valence electrons. The quantitative estimate of drug-likeness (QED) is 0.772. The van der Waals surface area contributed by atoms with Crippen molar-refractivity contribution >= 4 is 23.6 Å². The van der Waals surface area contributed by atoms with Crippen molar-refractivity contribution in [2.24, 2.45) is 0 Å². The molecule has 0 aromatic heterocycles. The van der Waals surface area contributed by atoms with Crippen molar-refractivity contribution in [1.82, 2.24) is 10.2 Å². The predicted octanol–water partition coefficient (Wildman–Crippen LogP) is 0.619. The lowest BCUT2D eigenvalue weighted by atomic mass is 9.93. The third kappa shape index (κ3) is 2.51. The van der Waals surface area contributed by atoms with Crippen molar-refractivity contribution in [1.29, 1.82) is 0 Å². The average molecular weight is 242 g/mol. The van der Waals surface area contributed by atoms with Crippen molar-refractivity contribution < 1.29 is 9.59 Å². The molecule has 16 heavy (non-hydrogen) atoms. The van der Waals surface area contributed by atoms with E-state index in [0.29, 0.717) is 6.04 Å². The number of hydrogen-bond donors (Lipinski definition) is 1. The van der Waals surface area contributed by atoms with Crippen LogP contribution in [0.1, 0.15) is 25.7 Å². The summed E-state index contributed by atoms with van der Waals surface area (Å²) in [4.78, 5) is 24.7. The molecule has 2 aliphatic rings. The maximum Gasteiger partial charge on any atom is 0.242 e. The first-order valence-electron chi connectivity index (χ1n) is 5.79. The van der Waals surface area contributed by atoms with Crippen LogP contribution in [-0.4, -0.2) is 47.4 Å². The largest absolute Gasteiger partial charge is 0.345 e. The van der Waals surface area contributed by atoms with Crippen LogP contribution in [0.5, 0.6) is 0 Å². The highest BCUT2D eigenvalue weighted by atomic mass is 32.2. The summed E-state index contributed by atoms with van der Waals surface area (Å²) < 4.78 is 0. The van der Waals surface area contributed by atoms with Crippen LogP contribution in [0, 0.1) is 0 Å². The van der Waals surface area contributed by atoms with Gasteiger partial charge in [0.1, 0.15) is 0 Å². The molecule has 0 spiro atoms. The topological polar surface area (TPSA) is 49.4 Å². The summed E-state index contributed by atoms with van der Waals surface area (Å²) in [6.45, 7) is 0.439. The zero-order valence-electron chi connectivity index (χ0n) is 9.57. The molecule has 1 heterocycles. The van der Waals surface area contributed by atoms with E-state index in [-0.39, 0.29) is 24.9 Å². The van der Waals surface area contributed by atoms with Gasteiger partial charge in [0.15, 0.2) is 0 Å². The number of amides is 2. The Balaban J connectivity index is 1.92. The molecule has 0 unspecified atom stereocenters. The Morgan fingerprint density at radius 2 is 1.94 bits per heavy atom. The van der Waals surface area contributed by atoms with Crippen LogP contribution < -0.4 is 5.32 Å². The minimum absolute atomic E-state index is 0.0217. The second-order valence-corrected chi connectivity index (χ2v) is 5.60. The SMILES string of the molecule is CSC1CCC(N2CC(=O)NCC2=O)CC1. The highest BCUT2D eigenvalue weighted by Gasteiger charge is 2.32. The molecular weight excluding hydrogens is 224 g/mol. The van der Waals surface area contributed by atoms with Crippen LogP contribution in [-0.2, 0) is 9.59 Å². The first-order chi connectivity index (χ1) is 7.70. The summed E-state index contributed by atoms with van der Waals surface area (Å²) in [6.07, 6.45) is 6.56. The Morgan fingerprint density at radius 1 is 1.25 bits per heavy atom. The maximum absolute atomic E-state index is 11.7. The van der Waals surface area contributed by atoms with E-state index in [1.807, 2.05) is 11.8 Å². The normalized spacial score (nSPS) is 31.4. The number of rotatable bonds is 2. The fraction of sp³-hybridized carbons (Fsp3) is 0.818. The zero-order valence-corrected chi connectivity index (χ0v) is 10.4. The highest BCUT2D eigenvalue weighted by molar-refractivity contribution is 7.99. The molecule has 1 aliphatic carbocycles. The molecule has 1 saturated carbocycles. The van der Waals surface area contributed by atoms with E-state index >= 15 is 0 Å². The molecule has 0 aromatic carbocycles. The zero-order chi connectivity index (χ0) is 11.5. The molecule has 2 amide bonds. The van der Waals surface area contributed by atoms with Crippen molar-refractivity contribution in [2.75, 3.05) is 19.3 Å². The first kappa shape index (κ1) is 11.8. The molecule has 0 aromatic rings. The van der Waals surface area contributed by atoms with E-state index < -0.39 is 0 Å². The summed E-state index contributed by atoms with van der Waals surface area (Å²) in [6, 6.07) is 0.293. The van der Waals surface area contributed by atoms with Gasteiger partial charge < -0.3 is 10.2 Å². The molecular formula is C11H18N2O2S. The van der Waals surface area contributed by atoms with Crippen molar-refractivity contribution in [3.63, 3.8) is 0 Å². The van der Waals surface area contributed by atoms with Gasteiger partial charge in [-0.1, -0.05) is 0 Å². The molecule has 4 nitrogen and oxygen atoms in total. The van der Waals surface area contributed by atoms with Crippen molar-refractivity contribution in [3.8, 4) is 0 Å². The minimum atomic E-state index is -0.0217. The number of carbonyl (C=O) groups excluding carboxylic acids is 2. The summed E-state index contributed by atoms with van der Waals surface area (Å²) >= 11 is 1.91. The van der Waals surface area contributed by atoms with Gasteiger partial charge in [-0.2, -0.15) is 11.8 Å². The molecule has 0 radical (unpaired) electrons. The monoisotopic (exact) mass is 242 g/mol. The van der Waals surface area contributed by atoms with Crippen LogP contribution in [0.15, 0.2) is 0 Å². The van der Waals surface area contributed by atoms with Gasteiger partial charge in [0.2, 0.25) is 11.8 Å². The second kappa shape index (κ2) is 5.08. The van der Waals surface area contributed by atoms with E-state index in [2.05, 4.69) is 11.6 Å². The standard InChI is InChI=1S/C11H18N2O2S/c1-16-9-4-2-8(3-5-9)13-7-10(14)12-6-11(13)15/h8-9H,2-7H2,1H3,(H,12,14). The predicted molar refractivity (Wildman–Crippen MR) is 64.3 cm³/mol. The number of carbonyl (C=O) groups is 2. The lowest BCUT2D eigenvalue weighted by Gasteiger charge is -2.38. The number of nitrogens with zero attached hydrogens (tertiary/aromatic N) is 1. The van der Waals surface area contributed by atoms with Gasteiger partial charge in [-0.05, 0) is 31.9 Å². The Morgan fingerprint density at radius 3 is 2.56 bits per heavy atom. The van der Waals surface area contributed by atoms with E-state index in [0.717, 1.165) is 30.9 Å². The fourth-order valence-corrected chi connectivity index (χ4v) is 3.24. The highest BCUT2D eigenvalue weighted by Crippen LogP contribution is 2.29. The van der Waals surface area contributed by atoms with Crippen LogP contribution >= 0.6 is 11.8 Å². The summed E-state index contributed by atoms with van der Waals surface area (Å²) in [5.41, 5.74) is 0. The maximum atomic E-state index is 11.7. The summed E-state index contributed by atoms with van der Waals surface area (Å²) in [5, 5.41) is 3.33. The summed E-state index contributed by atoms with van der Waals surface area (Å²) in [7, 11) is 0. The van der Waals surface area contributed by atoms with Gasteiger partial charge in [-0.3, -0.25) is 9.59 Å². The number of piperazine rings is 1. The lowest BCUT2D eigenvalue weighted by molar-refractivity contribution is -0.143. The average Bonchev–Trinajstić information content (AvgIpc) is 2.32. The van der Waals surface area contributed by atoms with Gasteiger partial charge in [0.05, 0.1) is 13.1 Å². The Kier molecular flexibility index (Phi) is 3.74. The van der Waals surface area contributed by atoms with Crippen molar-refractivity contribution in [2.45, 2.75) is 37.0 Å². The second-order valence-electron chi connectivity index (χ2n) is 4.46. The Labute approximate surface area is 100 Å². The minimum Gasteiger partial charge on any atom is -0.345 e. The van der Waals surface area contributed by atoms with Crippen molar-refractivity contribution in [3.05, 3.63) is 0 Å². The molecule has 0 bridgehead atoms. The number of thioether (sulfide) groups is 1. The van der Waals surface area contributed by atoms with Crippen LogP contribution in [0.4, 0.5) is 0 Å². The smallest absolute Gasteiger partial charge is 0.242 e. The van der Waals surface area contributed by atoms with Gasteiger partial charge in [0.25, 0.3) is 0 Å². The Bertz CT molecular complexity index is 288. The molecule has 1 aliphatic heterocycles. The Hall–Kier alpha value is -0.710. The van der Waals surface area contributed by atoms with E-state index in [1.165, 1.54) is 0 Å². The van der Waals surface area contributed by atoms with Gasteiger partial charge in [0, 0.05) is 11.3 Å². The third-order valence-electron chi connectivity index (χ3n) is 3.49. The first-order valence-corrected chi connectivity index (χ1v) is 7.08. The fourth-order valence-electron chi connectivity index (χ4n) is 2.50. The molecule has 5 heteroatoms. The van der Waals surface area contributed by atoms with E-state index in [1.54, 1.807) is 4.90 Å². The van der Waals surface area contributed by atoms with Gasteiger partial charge in [-0.25, -0.2) is 0 Å². The molecule has 2 fully saturated rings. The van der Waals surface area contributed by atoms with E-state index in [4.69, 9.17) is 0 Å². The summed E-state index contributed by atoms with van der Waals surface area (Å²) in [5.74, 6) is 0.0544. The van der Waals surface area contributed by atoms with Gasteiger partial charge in [-0.15, -0.1) is 0 Å². The molecule has 2 rings (SSSR count). The van der Waals surface area contributed by atoms with E-state index in [9.17, 15) is 9.59 Å².